The second-order valence-electron chi connectivity index (χ2n) is 7.89. The van der Waals surface area contributed by atoms with Crippen molar-refractivity contribution in [2.45, 2.75) is 97.4 Å². The molecule has 10 atom stereocenters. The van der Waals surface area contributed by atoms with E-state index in [-0.39, 0.29) is 36.0 Å². The number of ether oxygens (including phenoxy) is 3. The third kappa shape index (κ3) is 4.55. The summed E-state index contributed by atoms with van der Waals surface area (Å²) in [7, 11) is 0. The van der Waals surface area contributed by atoms with Crippen molar-refractivity contribution in [2.75, 3.05) is 5.75 Å². The summed E-state index contributed by atoms with van der Waals surface area (Å²) in [4.78, 5) is 0. The largest absolute Gasteiger partial charge is 0.388 e. The molecule has 1 N–H and O–H groups in total. The fraction of sp³-hybridized carbons (Fsp3) is 1.00. The van der Waals surface area contributed by atoms with Gasteiger partial charge in [-0.2, -0.15) is 0 Å². The predicted octanol–water partition coefficient (Wildman–Crippen LogP) is 4.30. The summed E-state index contributed by atoms with van der Waals surface area (Å²) in [6.45, 7) is 15.3. The van der Waals surface area contributed by atoms with Crippen LogP contribution in [0.2, 0.25) is 0 Å². The highest BCUT2D eigenvalue weighted by atomic mass is 32.2. The first-order valence-electron chi connectivity index (χ1n) is 10.1. The molecule has 5 heteroatoms. The van der Waals surface area contributed by atoms with Crippen molar-refractivity contribution in [3.63, 3.8) is 0 Å². The molecule has 2 aliphatic heterocycles. The fourth-order valence-corrected chi connectivity index (χ4v) is 5.22. The normalized spacial score (nSPS) is 48.5. The Kier molecular flexibility index (Phi) is 8.08. The van der Waals surface area contributed by atoms with Crippen LogP contribution in [-0.4, -0.2) is 47.0 Å². The van der Waals surface area contributed by atoms with Gasteiger partial charge in [-0.1, -0.05) is 48.5 Å². The first-order valence-corrected chi connectivity index (χ1v) is 11.2. The van der Waals surface area contributed by atoms with Crippen LogP contribution in [-0.2, 0) is 14.2 Å². The molecule has 148 valence electrons. The van der Waals surface area contributed by atoms with Gasteiger partial charge < -0.3 is 19.3 Å². The highest BCUT2D eigenvalue weighted by Crippen LogP contribution is 2.40. The summed E-state index contributed by atoms with van der Waals surface area (Å²) in [5, 5.41) is 10.8. The Morgan fingerprint density at radius 1 is 0.840 bits per heavy atom. The molecule has 25 heavy (non-hydrogen) atoms. The maximum Gasteiger partial charge on any atom is 0.161 e. The summed E-state index contributed by atoms with van der Waals surface area (Å²) in [5.41, 5.74) is 0.0700. The Labute approximate surface area is 158 Å². The zero-order valence-electron chi connectivity index (χ0n) is 17.0. The molecule has 0 aromatic heterocycles. The van der Waals surface area contributed by atoms with Crippen LogP contribution < -0.4 is 0 Å². The Hall–Kier alpha value is 0.190. The molecule has 4 nitrogen and oxygen atoms in total. The third-order valence-corrected chi connectivity index (χ3v) is 7.59. The van der Waals surface area contributed by atoms with Crippen molar-refractivity contribution >= 4 is 11.8 Å². The minimum atomic E-state index is -0.598. The van der Waals surface area contributed by atoms with Crippen molar-refractivity contribution in [1.82, 2.24) is 0 Å². The first kappa shape index (κ1) is 21.5. The van der Waals surface area contributed by atoms with Gasteiger partial charge in [0.25, 0.3) is 0 Å². The van der Waals surface area contributed by atoms with Crippen LogP contribution in [0.25, 0.3) is 0 Å². The maximum atomic E-state index is 10.8. The molecule has 0 aliphatic carbocycles. The highest BCUT2D eigenvalue weighted by Gasteiger charge is 2.47. The molecule has 10 unspecified atom stereocenters. The van der Waals surface area contributed by atoms with Crippen LogP contribution in [0, 0.1) is 23.7 Å². The molecule has 0 aromatic rings. The van der Waals surface area contributed by atoms with Crippen molar-refractivity contribution < 1.29 is 19.3 Å². The van der Waals surface area contributed by atoms with Gasteiger partial charge in [-0.15, -0.1) is 11.8 Å². The lowest BCUT2D eigenvalue weighted by molar-refractivity contribution is -0.300. The Morgan fingerprint density at radius 3 is 2.04 bits per heavy atom. The molecule has 2 rings (SSSR count). The average Bonchev–Trinajstić information content (AvgIpc) is 2.60. The SMILES string of the molecule is CCSC1OC(CC)C(O)C(OC2OC(CC)C(C)C(C)C2C)C1C. The minimum Gasteiger partial charge on any atom is -0.388 e. The standard InChI is InChI=1S/C20H38O4S/c1-8-15-12(5)11(4)13(6)19(22-15)24-18-14(7)20(25-10-3)23-16(9-2)17(18)21/h11-21H,8-10H2,1-7H3. The van der Waals surface area contributed by atoms with Gasteiger partial charge in [0.15, 0.2) is 6.29 Å². The quantitative estimate of drug-likeness (QED) is 0.751. The lowest BCUT2D eigenvalue weighted by atomic mass is 9.78. The lowest BCUT2D eigenvalue weighted by Gasteiger charge is -2.48. The van der Waals surface area contributed by atoms with Crippen LogP contribution in [0.5, 0.6) is 0 Å². The number of hydrogen-bond donors (Lipinski definition) is 1. The highest BCUT2D eigenvalue weighted by molar-refractivity contribution is 7.99. The van der Waals surface area contributed by atoms with Gasteiger partial charge in [0, 0.05) is 11.8 Å². The molecule has 2 saturated heterocycles. The van der Waals surface area contributed by atoms with E-state index in [0.717, 1.165) is 18.6 Å². The lowest BCUT2D eigenvalue weighted by Crippen LogP contribution is -2.56. The van der Waals surface area contributed by atoms with E-state index in [1.54, 1.807) is 11.8 Å². The number of aliphatic hydroxyl groups is 1. The van der Waals surface area contributed by atoms with Crippen LogP contribution >= 0.6 is 11.8 Å². The molecule has 0 bridgehead atoms. The first-order chi connectivity index (χ1) is 11.8. The van der Waals surface area contributed by atoms with Crippen molar-refractivity contribution in [3.05, 3.63) is 0 Å². The molecule has 0 saturated carbocycles. The van der Waals surface area contributed by atoms with Crippen LogP contribution in [0.1, 0.15) is 61.3 Å². The van der Waals surface area contributed by atoms with Crippen LogP contribution in [0.4, 0.5) is 0 Å². The summed E-state index contributed by atoms with van der Waals surface area (Å²) in [5.74, 6) is 2.52. The Bertz CT molecular complexity index is 405. The zero-order valence-corrected chi connectivity index (χ0v) is 17.8. The van der Waals surface area contributed by atoms with Crippen LogP contribution in [0.15, 0.2) is 0 Å². The van der Waals surface area contributed by atoms with E-state index in [9.17, 15) is 5.11 Å². The summed E-state index contributed by atoms with van der Waals surface area (Å²) >= 11 is 1.80. The molecule has 2 aliphatic rings. The van der Waals surface area contributed by atoms with E-state index in [1.165, 1.54) is 0 Å². The van der Waals surface area contributed by atoms with Gasteiger partial charge in [0.2, 0.25) is 0 Å². The molecule has 2 heterocycles. The maximum absolute atomic E-state index is 10.8. The Morgan fingerprint density at radius 2 is 1.48 bits per heavy atom. The molecule has 0 amide bonds. The van der Waals surface area contributed by atoms with E-state index >= 15 is 0 Å². The summed E-state index contributed by atoms with van der Waals surface area (Å²) in [6, 6.07) is 0. The molecule has 2 fully saturated rings. The number of aliphatic hydroxyl groups excluding tert-OH is 1. The van der Waals surface area contributed by atoms with E-state index < -0.39 is 6.10 Å². The average molecular weight is 375 g/mol. The van der Waals surface area contributed by atoms with Gasteiger partial charge in [0.05, 0.1) is 18.3 Å². The second-order valence-corrected chi connectivity index (χ2v) is 9.26. The fourth-order valence-electron chi connectivity index (χ4n) is 4.22. The smallest absolute Gasteiger partial charge is 0.161 e. The van der Waals surface area contributed by atoms with E-state index in [4.69, 9.17) is 14.2 Å². The number of thioether (sulfide) groups is 1. The van der Waals surface area contributed by atoms with Gasteiger partial charge in [-0.3, -0.25) is 0 Å². The Balaban J connectivity index is 2.14. The number of rotatable bonds is 6. The van der Waals surface area contributed by atoms with Crippen molar-refractivity contribution in [1.29, 1.82) is 0 Å². The molecule has 0 radical (unpaired) electrons. The third-order valence-electron chi connectivity index (χ3n) is 6.38. The van der Waals surface area contributed by atoms with Crippen molar-refractivity contribution in [3.8, 4) is 0 Å². The predicted molar refractivity (Wildman–Crippen MR) is 104 cm³/mol. The molecule has 0 spiro atoms. The number of hydrogen-bond acceptors (Lipinski definition) is 5. The van der Waals surface area contributed by atoms with E-state index in [0.29, 0.717) is 17.8 Å². The monoisotopic (exact) mass is 374 g/mol. The molecule has 0 aromatic carbocycles. The van der Waals surface area contributed by atoms with Crippen LogP contribution in [0.3, 0.4) is 0 Å². The minimum absolute atomic E-state index is 0.0700. The van der Waals surface area contributed by atoms with Gasteiger partial charge in [-0.05, 0) is 30.4 Å². The van der Waals surface area contributed by atoms with Gasteiger partial charge in [-0.25, -0.2) is 0 Å². The van der Waals surface area contributed by atoms with Gasteiger partial charge >= 0.3 is 0 Å². The van der Waals surface area contributed by atoms with Crippen molar-refractivity contribution in [2.24, 2.45) is 23.7 Å². The second kappa shape index (κ2) is 9.41. The van der Waals surface area contributed by atoms with E-state index in [1.807, 2.05) is 0 Å². The molecular formula is C20H38O4S. The molecular weight excluding hydrogens is 336 g/mol. The van der Waals surface area contributed by atoms with E-state index in [2.05, 4.69) is 48.5 Å². The zero-order chi connectivity index (χ0) is 18.7. The summed E-state index contributed by atoms with van der Waals surface area (Å²) in [6.07, 6.45) is 0.763. The topological polar surface area (TPSA) is 47.9 Å². The van der Waals surface area contributed by atoms with Gasteiger partial charge in [0.1, 0.15) is 11.5 Å². The summed E-state index contributed by atoms with van der Waals surface area (Å²) < 4.78 is 18.9.